The molecule has 1 aromatic heterocycles. The summed E-state index contributed by atoms with van der Waals surface area (Å²) in [6, 6.07) is 6.05. The van der Waals surface area contributed by atoms with Gasteiger partial charge in [0, 0.05) is 41.8 Å². The van der Waals surface area contributed by atoms with E-state index in [4.69, 9.17) is 4.74 Å². The molecule has 23 heavy (non-hydrogen) atoms. The van der Waals surface area contributed by atoms with Crippen molar-refractivity contribution in [1.29, 1.82) is 0 Å². The fourth-order valence-corrected chi connectivity index (χ4v) is 3.95. The number of piperidine rings is 1. The van der Waals surface area contributed by atoms with Gasteiger partial charge >= 0.3 is 0 Å². The van der Waals surface area contributed by atoms with E-state index >= 15 is 0 Å². The Morgan fingerprint density at radius 3 is 2.96 bits per heavy atom. The molecule has 1 aromatic carbocycles. The van der Waals surface area contributed by atoms with Gasteiger partial charge < -0.3 is 14.8 Å². The number of benzene rings is 1. The Labute approximate surface area is 136 Å². The van der Waals surface area contributed by atoms with Gasteiger partial charge in [0.05, 0.1) is 7.11 Å². The van der Waals surface area contributed by atoms with Crippen LogP contribution in [0.1, 0.15) is 24.6 Å². The number of hydrogen-bond donors (Lipinski definition) is 2. The minimum Gasteiger partial charge on any atom is -0.497 e. The second-order valence-electron chi connectivity index (χ2n) is 6.50. The van der Waals surface area contributed by atoms with Crippen LogP contribution in [0.4, 0.5) is 0 Å². The standard InChI is InChI=1S/C19H22N2O2/c1-4-13-10-21-8-7-19(13,22)12(2)18-16(11-21)15-9-14(23-3)5-6-17(15)20-18/h4-6,9,20,22H,2,7-8,10-11H2,1,3H3/b13-4-/t19-/m0/s1. The molecular weight excluding hydrogens is 288 g/mol. The molecule has 5 rings (SSSR count). The van der Waals surface area contributed by atoms with Crippen LogP contribution in [-0.2, 0) is 6.54 Å². The minimum absolute atomic E-state index is 0.698. The highest BCUT2D eigenvalue weighted by molar-refractivity contribution is 5.92. The molecule has 4 nitrogen and oxygen atoms in total. The first-order valence-corrected chi connectivity index (χ1v) is 8.05. The molecule has 0 radical (unpaired) electrons. The largest absolute Gasteiger partial charge is 0.497 e. The van der Waals surface area contributed by atoms with Gasteiger partial charge in [0.15, 0.2) is 0 Å². The molecule has 0 amide bonds. The molecule has 4 heteroatoms. The Kier molecular flexibility index (Phi) is 3.15. The van der Waals surface area contributed by atoms with Crippen LogP contribution in [0, 0.1) is 0 Å². The summed E-state index contributed by atoms with van der Waals surface area (Å²) < 4.78 is 5.37. The first kappa shape index (κ1) is 14.5. The first-order chi connectivity index (χ1) is 11.1. The number of hydrogen-bond acceptors (Lipinski definition) is 3. The highest BCUT2D eigenvalue weighted by atomic mass is 16.5. The van der Waals surface area contributed by atoms with Crippen molar-refractivity contribution in [2.24, 2.45) is 0 Å². The van der Waals surface area contributed by atoms with Crippen LogP contribution >= 0.6 is 0 Å². The Morgan fingerprint density at radius 1 is 1.39 bits per heavy atom. The quantitative estimate of drug-likeness (QED) is 0.796. The SMILES string of the molecule is C=C1c2[nH]c3ccc(OC)cc3c2CN2CC[C@@]1(O)/C(=C\C)C2. The van der Waals surface area contributed by atoms with Gasteiger partial charge in [-0.15, -0.1) is 0 Å². The molecule has 2 N–H and O–H groups in total. The zero-order valence-corrected chi connectivity index (χ0v) is 13.6. The van der Waals surface area contributed by atoms with Crippen LogP contribution in [0.2, 0.25) is 0 Å². The molecule has 3 aliphatic rings. The topological polar surface area (TPSA) is 48.5 Å². The zero-order chi connectivity index (χ0) is 16.2. The summed E-state index contributed by atoms with van der Waals surface area (Å²) in [6.45, 7) is 8.79. The maximum Gasteiger partial charge on any atom is 0.119 e. The van der Waals surface area contributed by atoms with E-state index in [2.05, 4.69) is 22.5 Å². The summed E-state index contributed by atoms with van der Waals surface area (Å²) in [5, 5.41) is 12.4. The summed E-state index contributed by atoms with van der Waals surface area (Å²) in [7, 11) is 1.68. The van der Waals surface area contributed by atoms with E-state index in [1.54, 1.807) is 7.11 Å². The van der Waals surface area contributed by atoms with Gasteiger partial charge in [0.25, 0.3) is 0 Å². The molecule has 1 saturated heterocycles. The number of aromatic nitrogens is 1. The van der Waals surface area contributed by atoms with Crippen molar-refractivity contribution in [3.63, 3.8) is 0 Å². The number of aliphatic hydroxyl groups is 1. The second-order valence-corrected chi connectivity index (χ2v) is 6.50. The lowest BCUT2D eigenvalue weighted by Crippen LogP contribution is -2.48. The molecule has 0 spiro atoms. The van der Waals surface area contributed by atoms with Crippen molar-refractivity contribution in [1.82, 2.24) is 9.88 Å². The Hall–Kier alpha value is -2.04. The smallest absolute Gasteiger partial charge is 0.119 e. The molecule has 2 bridgehead atoms. The van der Waals surface area contributed by atoms with E-state index in [1.165, 1.54) is 5.56 Å². The molecule has 1 unspecified atom stereocenters. The number of nitrogens with one attached hydrogen (secondary N) is 1. The predicted octanol–water partition coefficient (Wildman–Crippen LogP) is 3.09. The lowest BCUT2D eigenvalue weighted by molar-refractivity contribution is 0.0709. The lowest BCUT2D eigenvalue weighted by atomic mass is 9.76. The van der Waals surface area contributed by atoms with Gasteiger partial charge in [0.1, 0.15) is 11.4 Å². The van der Waals surface area contributed by atoms with Gasteiger partial charge in [-0.1, -0.05) is 12.7 Å². The Bertz CT molecular complexity index is 833. The number of aromatic amines is 1. The molecule has 1 fully saturated rings. The number of nitrogens with zero attached hydrogens (tertiary/aromatic N) is 1. The van der Waals surface area contributed by atoms with Crippen LogP contribution in [0.5, 0.6) is 5.75 Å². The van der Waals surface area contributed by atoms with E-state index in [1.807, 2.05) is 25.1 Å². The minimum atomic E-state index is -0.939. The van der Waals surface area contributed by atoms with Crippen molar-refractivity contribution in [3.8, 4) is 5.75 Å². The summed E-state index contributed by atoms with van der Waals surface area (Å²) in [5.74, 6) is 0.847. The summed E-state index contributed by atoms with van der Waals surface area (Å²) in [4.78, 5) is 5.86. The van der Waals surface area contributed by atoms with Gasteiger partial charge in [0.2, 0.25) is 0 Å². The van der Waals surface area contributed by atoms with Crippen LogP contribution in [0.25, 0.3) is 16.5 Å². The maximum absolute atomic E-state index is 11.3. The Morgan fingerprint density at radius 2 is 2.22 bits per heavy atom. The van der Waals surface area contributed by atoms with E-state index in [-0.39, 0.29) is 0 Å². The fourth-order valence-electron chi connectivity index (χ4n) is 3.95. The van der Waals surface area contributed by atoms with Crippen molar-refractivity contribution >= 4 is 16.5 Å². The Balaban J connectivity index is 1.96. The van der Waals surface area contributed by atoms with E-state index in [9.17, 15) is 5.11 Å². The molecular formula is C19H22N2O2. The molecule has 3 aliphatic heterocycles. The molecule has 0 saturated carbocycles. The average Bonchev–Trinajstić information content (AvgIpc) is 2.91. The van der Waals surface area contributed by atoms with Gasteiger partial charge in [-0.05, 0) is 42.7 Å². The van der Waals surface area contributed by atoms with Crippen LogP contribution in [-0.4, -0.2) is 40.8 Å². The van der Waals surface area contributed by atoms with Gasteiger partial charge in [-0.25, -0.2) is 0 Å². The van der Waals surface area contributed by atoms with Crippen LogP contribution < -0.4 is 4.74 Å². The number of rotatable bonds is 1. The summed E-state index contributed by atoms with van der Waals surface area (Å²) in [6.07, 6.45) is 2.73. The van der Waals surface area contributed by atoms with Crippen LogP contribution in [0.15, 0.2) is 36.4 Å². The lowest BCUT2D eigenvalue weighted by Gasteiger charge is -2.44. The van der Waals surface area contributed by atoms with E-state index in [0.717, 1.165) is 53.1 Å². The number of allylic oxidation sites excluding steroid dienone is 1. The third-order valence-corrected chi connectivity index (χ3v) is 5.36. The van der Waals surface area contributed by atoms with Crippen molar-refractivity contribution in [2.75, 3.05) is 20.2 Å². The molecule has 2 atom stereocenters. The number of ether oxygens (including phenoxy) is 1. The third-order valence-electron chi connectivity index (χ3n) is 5.36. The van der Waals surface area contributed by atoms with Crippen molar-refractivity contribution in [2.45, 2.75) is 25.5 Å². The van der Waals surface area contributed by atoms with Gasteiger partial charge in [-0.2, -0.15) is 0 Å². The highest BCUT2D eigenvalue weighted by Gasteiger charge is 2.42. The average molecular weight is 310 g/mol. The molecule has 120 valence electrons. The third kappa shape index (κ3) is 1.98. The van der Waals surface area contributed by atoms with Crippen molar-refractivity contribution in [3.05, 3.63) is 47.7 Å². The predicted molar refractivity (Wildman–Crippen MR) is 92.5 cm³/mol. The molecule has 4 heterocycles. The number of methoxy groups -OCH3 is 1. The zero-order valence-electron chi connectivity index (χ0n) is 13.6. The molecule has 2 aromatic rings. The summed E-state index contributed by atoms with van der Waals surface area (Å²) in [5.41, 5.74) is 4.14. The van der Waals surface area contributed by atoms with E-state index < -0.39 is 5.60 Å². The highest BCUT2D eigenvalue weighted by Crippen LogP contribution is 2.44. The number of fused-ring (bicyclic) bond motifs is 3. The van der Waals surface area contributed by atoms with E-state index in [0.29, 0.717) is 6.42 Å². The fraction of sp³-hybridized carbons (Fsp3) is 0.368. The van der Waals surface area contributed by atoms with Gasteiger partial charge in [-0.3, -0.25) is 4.90 Å². The van der Waals surface area contributed by atoms with Crippen LogP contribution in [0.3, 0.4) is 0 Å². The molecule has 0 aliphatic carbocycles. The maximum atomic E-state index is 11.3. The normalized spacial score (nSPS) is 28.7. The van der Waals surface area contributed by atoms with Crippen molar-refractivity contribution < 1.29 is 9.84 Å². The summed E-state index contributed by atoms with van der Waals surface area (Å²) >= 11 is 0. The first-order valence-electron chi connectivity index (χ1n) is 8.05. The second kappa shape index (κ2) is 4.98. The number of H-pyrrole nitrogens is 1. The monoisotopic (exact) mass is 310 g/mol.